The standard InChI is InChI=1S/C8H17NO/c1-6(5-10)9-7(2)8-3-4-8/h6-10H,3-5H2,1-2H3/t6-,7+/m1/s1. The van der Waals surface area contributed by atoms with Crippen LogP contribution < -0.4 is 5.32 Å². The lowest BCUT2D eigenvalue weighted by Gasteiger charge is -2.17. The van der Waals surface area contributed by atoms with E-state index in [0.29, 0.717) is 6.04 Å². The fourth-order valence-electron chi connectivity index (χ4n) is 1.23. The van der Waals surface area contributed by atoms with Crippen molar-refractivity contribution in [2.75, 3.05) is 6.61 Å². The summed E-state index contributed by atoms with van der Waals surface area (Å²) in [6.45, 7) is 4.46. The summed E-state index contributed by atoms with van der Waals surface area (Å²) < 4.78 is 0. The van der Waals surface area contributed by atoms with Gasteiger partial charge in [-0.3, -0.25) is 0 Å². The zero-order valence-electron chi connectivity index (χ0n) is 6.80. The molecule has 1 rings (SSSR count). The smallest absolute Gasteiger partial charge is 0.0582 e. The van der Waals surface area contributed by atoms with Crippen molar-refractivity contribution in [2.45, 2.75) is 38.8 Å². The molecule has 1 fully saturated rings. The van der Waals surface area contributed by atoms with E-state index in [4.69, 9.17) is 5.11 Å². The van der Waals surface area contributed by atoms with Crippen LogP contribution in [0.25, 0.3) is 0 Å². The number of hydrogen-bond donors (Lipinski definition) is 2. The molecule has 2 atom stereocenters. The molecule has 2 N–H and O–H groups in total. The normalized spacial score (nSPS) is 24.3. The second-order valence-corrected chi connectivity index (χ2v) is 3.38. The van der Waals surface area contributed by atoms with Crippen molar-refractivity contribution in [2.24, 2.45) is 5.92 Å². The van der Waals surface area contributed by atoms with Crippen molar-refractivity contribution in [1.82, 2.24) is 5.32 Å². The minimum absolute atomic E-state index is 0.247. The van der Waals surface area contributed by atoms with Crippen molar-refractivity contribution < 1.29 is 5.11 Å². The van der Waals surface area contributed by atoms with Crippen LogP contribution in [-0.4, -0.2) is 23.8 Å². The summed E-state index contributed by atoms with van der Waals surface area (Å²) in [5.74, 6) is 0.883. The van der Waals surface area contributed by atoms with E-state index in [0.717, 1.165) is 5.92 Å². The second-order valence-electron chi connectivity index (χ2n) is 3.38. The third-order valence-corrected chi connectivity index (χ3v) is 2.15. The summed E-state index contributed by atoms with van der Waals surface area (Å²) in [5.41, 5.74) is 0. The van der Waals surface area contributed by atoms with Crippen LogP contribution in [0.1, 0.15) is 26.7 Å². The van der Waals surface area contributed by atoms with Gasteiger partial charge in [-0.1, -0.05) is 0 Å². The minimum Gasteiger partial charge on any atom is -0.395 e. The van der Waals surface area contributed by atoms with Crippen LogP contribution in [0.4, 0.5) is 0 Å². The van der Waals surface area contributed by atoms with Crippen molar-refractivity contribution in [1.29, 1.82) is 0 Å². The summed E-state index contributed by atoms with van der Waals surface area (Å²) in [5, 5.41) is 12.1. The molecule has 2 heteroatoms. The molecule has 0 unspecified atom stereocenters. The Labute approximate surface area is 62.6 Å². The largest absolute Gasteiger partial charge is 0.395 e. The van der Waals surface area contributed by atoms with Crippen LogP contribution in [0.3, 0.4) is 0 Å². The molecule has 2 nitrogen and oxygen atoms in total. The molecule has 0 spiro atoms. The number of hydrogen-bond acceptors (Lipinski definition) is 2. The first-order chi connectivity index (χ1) is 4.74. The molecular formula is C8H17NO. The molecule has 0 aliphatic heterocycles. The fourth-order valence-corrected chi connectivity index (χ4v) is 1.23. The van der Waals surface area contributed by atoms with Crippen LogP contribution in [0.5, 0.6) is 0 Å². The summed E-state index contributed by atoms with van der Waals surface area (Å²) in [6.07, 6.45) is 2.73. The quantitative estimate of drug-likeness (QED) is 0.609. The van der Waals surface area contributed by atoms with Gasteiger partial charge in [0.1, 0.15) is 0 Å². The van der Waals surface area contributed by atoms with Gasteiger partial charge in [-0.05, 0) is 32.6 Å². The van der Waals surface area contributed by atoms with Gasteiger partial charge < -0.3 is 10.4 Å². The van der Waals surface area contributed by atoms with E-state index in [2.05, 4.69) is 12.2 Å². The number of aliphatic hydroxyl groups excluding tert-OH is 1. The summed E-state index contributed by atoms with van der Waals surface area (Å²) in [7, 11) is 0. The van der Waals surface area contributed by atoms with Gasteiger partial charge in [0, 0.05) is 12.1 Å². The Morgan fingerprint density at radius 2 is 2.10 bits per heavy atom. The van der Waals surface area contributed by atoms with Crippen LogP contribution in [0, 0.1) is 5.92 Å². The van der Waals surface area contributed by atoms with Crippen LogP contribution in [0.2, 0.25) is 0 Å². The molecule has 0 aromatic rings. The van der Waals surface area contributed by atoms with Gasteiger partial charge in [0.25, 0.3) is 0 Å². The van der Waals surface area contributed by atoms with Crippen LogP contribution in [0.15, 0.2) is 0 Å². The number of aliphatic hydroxyl groups is 1. The molecule has 1 aliphatic carbocycles. The lowest BCUT2D eigenvalue weighted by Crippen LogP contribution is -2.37. The summed E-state index contributed by atoms with van der Waals surface area (Å²) >= 11 is 0. The SMILES string of the molecule is C[C@H](CO)N[C@@H](C)C1CC1. The highest BCUT2D eigenvalue weighted by Gasteiger charge is 2.28. The van der Waals surface area contributed by atoms with Gasteiger partial charge >= 0.3 is 0 Å². The van der Waals surface area contributed by atoms with Crippen molar-refractivity contribution >= 4 is 0 Å². The van der Waals surface area contributed by atoms with Gasteiger partial charge in [0.2, 0.25) is 0 Å². The van der Waals surface area contributed by atoms with E-state index >= 15 is 0 Å². The highest BCUT2D eigenvalue weighted by Crippen LogP contribution is 2.32. The Morgan fingerprint density at radius 1 is 1.50 bits per heavy atom. The number of rotatable bonds is 4. The molecule has 1 saturated carbocycles. The predicted molar refractivity (Wildman–Crippen MR) is 41.9 cm³/mol. The fraction of sp³-hybridized carbons (Fsp3) is 1.00. The molecule has 10 heavy (non-hydrogen) atoms. The molecule has 60 valence electrons. The maximum atomic E-state index is 8.72. The average Bonchev–Trinajstić information content (AvgIpc) is 2.68. The maximum absolute atomic E-state index is 8.72. The van der Waals surface area contributed by atoms with Crippen LogP contribution in [-0.2, 0) is 0 Å². The first kappa shape index (κ1) is 8.02. The molecule has 0 aromatic heterocycles. The lowest BCUT2D eigenvalue weighted by atomic mass is 10.2. The highest BCUT2D eigenvalue weighted by atomic mass is 16.3. The molecule has 0 radical (unpaired) electrons. The highest BCUT2D eigenvalue weighted by molar-refractivity contribution is 4.84. The maximum Gasteiger partial charge on any atom is 0.0582 e. The van der Waals surface area contributed by atoms with E-state index in [1.807, 2.05) is 6.92 Å². The topological polar surface area (TPSA) is 32.3 Å². The van der Waals surface area contributed by atoms with E-state index in [1.165, 1.54) is 12.8 Å². The Kier molecular flexibility index (Phi) is 2.69. The van der Waals surface area contributed by atoms with E-state index in [1.54, 1.807) is 0 Å². The molecule has 1 aliphatic rings. The monoisotopic (exact) mass is 143 g/mol. The molecule has 0 saturated heterocycles. The zero-order valence-corrected chi connectivity index (χ0v) is 6.80. The van der Waals surface area contributed by atoms with Gasteiger partial charge in [-0.2, -0.15) is 0 Å². The lowest BCUT2D eigenvalue weighted by molar-refractivity contribution is 0.239. The Bertz CT molecular complexity index is 101. The van der Waals surface area contributed by atoms with Gasteiger partial charge in [0.15, 0.2) is 0 Å². The summed E-state index contributed by atoms with van der Waals surface area (Å²) in [4.78, 5) is 0. The summed E-state index contributed by atoms with van der Waals surface area (Å²) in [6, 6.07) is 0.859. The third kappa shape index (κ3) is 2.27. The Hall–Kier alpha value is -0.0800. The van der Waals surface area contributed by atoms with E-state index in [-0.39, 0.29) is 12.6 Å². The van der Waals surface area contributed by atoms with Crippen molar-refractivity contribution in [3.05, 3.63) is 0 Å². The van der Waals surface area contributed by atoms with Gasteiger partial charge in [0.05, 0.1) is 6.61 Å². The Morgan fingerprint density at radius 3 is 2.50 bits per heavy atom. The van der Waals surface area contributed by atoms with Crippen molar-refractivity contribution in [3.8, 4) is 0 Å². The van der Waals surface area contributed by atoms with Crippen LogP contribution >= 0.6 is 0 Å². The minimum atomic E-state index is 0.247. The predicted octanol–water partition coefficient (Wildman–Crippen LogP) is 0.755. The molecule has 0 heterocycles. The van der Waals surface area contributed by atoms with E-state index in [9.17, 15) is 0 Å². The molecule has 0 aromatic carbocycles. The second kappa shape index (κ2) is 3.35. The Balaban J connectivity index is 2.10. The van der Waals surface area contributed by atoms with Crippen molar-refractivity contribution in [3.63, 3.8) is 0 Å². The third-order valence-electron chi connectivity index (χ3n) is 2.15. The molecule has 0 amide bonds. The van der Waals surface area contributed by atoms with Gasteiger partial charge in [-0.15, -0.1) is 0 Å². The van der Waals surface area contributed by atoms with E-state index < -0.39 is 0 Å². The molecule has 0 bridgehead atoms. The number of nitrogens with one attached hydrogen (secondary N) is 1. The average molecular weight is 143 g/mol. The first-order valence-corrected chi connectivity index (χ1v) is 4.11. The van der Waals surface area contributed by atoms with Gasteiger partial charge in [-0.25, -0.2) is 0 Å². The molecular weight excluding hydrogens is 126 g/mol. The zero-order chi connectivity index (χ0) is 7.56. The first-order valence-electron chi connectivity index (χ1n) is 4.11.